The molecule has 2 aromatic carbocycles. The van der Waals surface area contributed by atoms with Gasteiger partial charge in [-0.15, -0.1) is 0 Å². The van der Waals surface area contributed by atoms with Gasteiger partial charge in [0.2, 0.25) is 5.91 Å². The minimum atomic E-state index is -2.94. The smallest absolute Gasteiger partial charge is 0.387 e. The fraction of sp³-hybridized carbons (Fsp3) is 0.300. The number of alkyl halides is 2. The summed E-state index contributed by atoms with van der Waals surface area (Å²) in [7, 11) is 0. The number of nitrogens with one attached hydrogen (secondary N) is 1. The van der Waals surface area contributed by atoms with Crippen LogP contribution in [-0.4, -0.2) is 21.7 Å². The van der Waals surface area contributed by atoms with Crippen LogP contribution in [0, 0.1) is 0 Å². The van der Waals surface area contributed by atoms with E-state index in [0.29, 0.717) is 17.6 Å². The normalized spacial score (nSPS) is 11.1. The lowest BCUT2D eigenvalue weighted by atomic mass is 10.2. The molecule has 28 heavy (non-hydrogen) atoms. The molecule has 6 nitrogen and oxygen atoms in total. The third-order valence-electron chi connectivity index (χ3n) is 4.34. The molecule has 0 saturated heterocycles. The number of hydrogen-bond donors (Lipinski definition) is 1. The second-order valence-electron chi connectivity index (χ2n) is 6.27. The maximum Gasteiger partial charge on any atom is 0.387 e. The highest BCUT2D eigenvalue weighted by Gasteiger charge is 2.15. The maximum atomic E-state index is 12.7. The Hall–Kier alpha value is -3.16. The summed E-state index contributed by atoms with van der Waals surface area (Å²) in [6, 6.07) is 13.5. The van der Waals surface area contributed by atoms with Gasteiger partial charge in [-0.3, -0.25) is 13.9 Å². The number of benzene rings is 2. The predicted octanol–water partition coefficient (Wildman–Crippen LogP) is 3.13. The number of aromatic nitrogens is 2. The largest absolute Gasteiger partial charge is 0.434 e. The number of rotatable bonds is 8. The molecule has 0 radical (unpaired) electrons. The number of halogens is 2. The fourth-order valence-electron chi connectivity index (χ4n) is 3.12. The summed E-state index contributed by atoms with van der Waals surface area (Å²) in [5.74, 6) is -0.386. The van der Waals surface area contributed by atoms with Gasteiger partial charge < -0.3 is 10.1 Å². The van der Waals surface area contributed by atoms with Gasteiger partial charge >= 0.3 is 12.3 Å². The van der Waals surface area contributed by atoms with E-state index < -0.39 is 12.5 Å². The molecule has 0 atom stereocenters. The molecule has 3 aromatic rings. The van der Waals surface area contributed by atoms with Crippen molar-refractivity contribution in [3.63, 3.8) is 0 Å². The van der Waals surface area contributed by atoms with Crippen molar-refractivity contribution < 1.29 is 18.3 Å². The number of para-hydroxylation sites is 3. The van der Waals surface area contributed by atoms with Gasteiger partial charge in [-0.2, -0.15) is 8.78 Å². The molecule has 8 heteroatoms. The summed E-state index contributed by atoms with van der Waals surface area (Å²) in [6.07, 6.45) is 0.793. The van der Waals surface area contributed by atoms with Crippen molar-refractivity contribution in [2.75, 3.05) is 0 Å². The van der Waals surface area contributed by atoms with E-state index in [1.807, 2.05) is 25.1 Å². The van der Waals surface area contributed by atoms with Crippen molar-refractivity contribution in [2.45, 2.75) is 39.6 Å². The minimum Gasteiger partial charge on any atom is -0.434 e. The number of ether oxygens (including phenoxy) is 1. The van der Waals surface area contributed by atoms with Gasteiger partial charge in [-0.1, -0.05) is 37.3 Å². The molecule has 1 heterocycles. The molecule has 0 aliphatic rings. The van der Waals surface area contributed by atoms with Gasteiger partial charge in [0.1, 0.15) is 12.3 Å². The second-order valence-corrected chi connectivity index (χ2v) is 6.27. The van der Waals surface area contributed by atoms with E-state index in [2.05, 4.69) is 10.1 Å². The number of hydrogen-bond acceptors (Lipinski definition) is 3. The summed E-state index contributed by atoms with van der Waals surface area (Å²) < 4.78 is 32.5. The number of carbonyl (C=O) groups excluding carboxylic acids is 1. The van der Waals surface area contributed by atoms with E-state index in [4.69, 9.17) is 0 Å². The highest BCUT2D eigenvalue weighted by atomic mass is 19.3. The molecular weight excluding hydrogens is 368 g/mol. The maximum absolute atomic E-state index is 12.7. The number of imidazole rings is 1. The number of carbonyl (C=O) groups is 1. The van der Waals surface area contributed by atoms with Crippen LogP contribution >= 0.6 is 0 Å². The highest BCUT2D eigenvalue weighted by molar-refractivity contribution is 5.81. The molecule has 0 aliphatic carbocycles. The van der Waals surface area contributed by atoms with Crippen LogP contribution in [0.15, 0.2) is 53.3 Å². The molecule has 0 bridgehead atoms. The lowest BCUT2D eigenvalue weighted by molar-refractivity contribution is -0.121. The first-order valence-corrected chi connectivity index (χ1v) is 8.98. The SMILES string of the molecule is CCCn1c(=O)n(CC(=O)NCc2ccccc2OC(F)F)c2ccccc21. The molecule has 0 spiro atoms. The van der Waals surface area contributed by atoms with Gasteiger partial charge in [0.25, 0.3) is 0 Å². The lowest BCUT2D eigenvalue weighted by Crippen LogP contribution is -2.33. The first kappa shape index (κ1) is 19.6. The van der Waals surface area contributed by atoms with E-state index in [1.54, 1.807) is 28.8 Å². The summed E-state index contributed by atoms with van der Waals surface area (Å²) in [5, 5.41) is 2.66. The Morgan fingerprint density at radius 3 is 2.39 bits per heavy atom. The molecule has 0 unspecified atom stereocenters. The molecule has 3 rings (SSSR count). The third-order valence-corrected chi connectivity index (χ3v) is 4.34. The van der Waals surface area contributed by atoms with Crippen LogP contribution in [0.5, 0.6) is 5.75 Å². The second kappa shape index (κ2) is 8.69. The van der Waals surface area contributed by atoms with Crippen molar-refractivity contribution in [1.29, 1.82) is 0 Å². The Labute approximate surface area is 160 Å². The number of aryl methyl sites for hydroxylation is 1. The van der Waals surface area contributed by atoms with Crippen LogP contribution < -0.4 is 15.7 Å². The zero-order chi connectivity index (χ0) is 20.1. The van der Waals surface area contributed by atoms with E-state index in [1.165, 1.54) is 10.6 Å². The number of fused-ring (bicyclic) bond motifs is 1. The Balaban J connectivity index is 1.76. The van der Waals surface area contributed by atoms with Crippen LogP contribution in [0.25, 0.3) is 11.0 Å². The van der Waals surface area contributed by atoms with E-state index >= 15 is 0 Å². The topological polar surface area (TPSA) is 65.3 Å². The van der Waals surface area contributed by atoms with Crippen LogP contribution in [0.2, 0.25) is 0 Å². The Kier molecular flexibility index (Phi) is 6.08. The van der Waals surface area contributed by atoms with Crippen LogP contribution in [0.4, 0.5) is 8.78 Å². The predicted molar refractivity (Wildman–Crippen MR) is 101 cm³/mol. The number of amides is 1. The average Bonchev–Trinajstić information content (AvgIpc) is 2.93. The minimum absolute atomic E-state index is 0.00881. The summed E-state index contributed by atoms with van der Waals surface area (Å²) in [4.78, 5) is 25.1. The molecule has 1 aromatic heterocycles. The molecular formula is C20H21F2N3O3. The van der Waals surface area contributed by atoms with Crippen molar-refractivity contribution in [2.24, 2.45) is 0 Å². The van der Waals surface area contributed by atoms with E-state index in [9.17, 15) is 18.4 Å². The van der Waals surface area contributed by atoms with Crippen LogP contribution in [0.1, 0.15) is 18.9 Å². The zero-order valence-corrected chi connectivity index (χ0v) is 15.4. The van der Waals surface area contributed by atoms with Crippen LogP contribution in [0.3, 0.4) is 0 Å². The van der Waals surface area contributed by atoms with Crippen molar-refractivity contribution in [3.8, 4) is 5.75 Å². The molecule has 1 N–H and O–H groups in total. The van der Waals surface area contributed by atoms with Gasteiger partial charge in [0.05, 0.1) is 11.0 Å². The lowest BCUT2D eigenvalue weighted by Gasteiger charge is -2.11. The standard InChI is InChI=1S/C20H21F2N3O3/c1-2-11-24-15-8-4-5-9-16(15)25(20(24)27)13-18(26)23-12-14-7-3-6-10-17(14)28-19(21)22/h3-10,19H,2,11-13H2,1H3,(H,23,26). The number of nitrogens with zero attached hydrogens (tertiary/aromatic N) is 2. The van der Waals surface area contributed by atoms with Gasteiger partial charge in [-0.25, -0.2) is 4.79 Å². The molecule has 0 saturated carbocycles. The molecule has 0 fully saturated rings. The monoisotopic (exact) mass is 389 g/mol. The average molecular weight is 389 g/mol. The quantitative estimate of drug-likeness (QED) is 0.644. The highest BCUT2D eigenvalue weighted by Crippen LogP contribution is 2.20. The molecule has 0 aliphatic heterocycles. The summed E-state index contributed by atoms with van der Waals surface area (Å²) in [6.45, 7) is -0.547. The zero-order valence-electron chi connectivity index (χ0n) is 15.4. The Morgan fingerprint density at radius 2 is 1.71 bits per heavy atom. The molecule has 148 valence electrons. The third kappa shape index (κ3) is 4.21. The van der Waals surface area contributed by atoms with Gasteiger partial charge in [0.15, 0.2) is 0 Å². The molecule has 1 amide bonds. The Morgan fingerprint density at radius 1 is 1.07 bits per heavy atom. The van der Waals surface area contributed by atoms with Gasteiger partial charge in [-0.05, 0) is 24.6 Å². The summed E-state index contributed by atoms with van der Waals surface area (Å²) >= 11 is 0. The summed E-state index contributed by atoms with van der Waals surface area (Å²) in [5.41, 5.74) is 1.63. The Bertz CT molecular complexity index is 1030. The van der Waals surface area contributed by atoms with Crippen molar-refractivity contribution in [1.82, 2.24) is 14.5 Å². The van der Waals surface area contributed by atoms with Crippen molar-refractivity contribution in [3.05, 3.63) is 64.6 Å². The van der Waals surface area contributed by atoms with Gasteiger partial charge in [0, 0.05) is 18.7 Å². The van der Waals surface area contributed by atoms with E-state index in [0.717, 1.165) is 11.9 Å². The first-order chi connectivity index (χ1) is 13.5. The van der Waals surface area contributed by atoms with Crippen LogP contribution in [-0.2, 0) is 24.4 Å². The van der Waals surface area contributed by atoms with E-state index in [-0.39, 0.29) is 24.5 Å². The first-order valence-electron chi connectivity index (χ1n) is 8.98. The fourth-order valence-corrected chi connectivity index (χ4v) is 3.12. The van der Waals surface area contributed by atoms with Crippen molar-refractivity contribution >= 4 is 16.9 Å².